The van der Waals surface area contributed by atoms with Gasteiger partial charge in [0, 0.05) is 27.1 Å². The lowest BCUT2D eigenvalue weighted by Gasteiger charge is -2.10. The molecule has 2 rings (SSSR count). The second kappa shape index (κ2) is 4.89. The van der Waals surface area contributed by atoms with Gasteiger partial charge in [-0.1, -0.05) is 22.0 Å². The van der Waals surface area contributed by atoms with Gasteiger partial charge in [-0.2, -0.15) is 0 Å². The van der Waals surface area contributed by atoms with Gasteiger partial charge in [-0.25, -0.2) is 4.79 Å². The van der Waals surface area contributed by atoms with Gasteiger partial charge in [-0.3, -0.25) is 0 Å². The molecule has 0 saturated heterocycles. The number of fused-ring (bicyclic) bond motifs is 1. The standard InChI is InChI=1S/C12H13BrN2O2/c1-2-17-12(16)11(14)7-6-15-9-5-3-4-8(13)10(7)9/h3-6,11,15H,2,14H2,1H3. The Balaban J connectivity index is 2.45. The predicted molar refractivity (Wildman–Crippen MR) is 69.6 cm³/mol. The Bertz CT molecular complexity index is 550. The van der Waals surface area contributed by atoms with E-state index < -0.39 is 12.0 Å². The summed E-state index contributed by atoms with van der Waals surface area (Å²) in [5.41, 5.74) is 7.57. The summed E-state index contributed by atoms with van der Waals surface area (Å²) in [5.74, 6) is -0.413. The molecule has 2 aromatic rings. The summed E-state index contributed by atoms with van der Waals surface area (Å²) in [4.78, 5) is 14.7. The van der Waals surface area contributed by atoms with Crippen molar-refractivity contribution < 1.29 is 9.53 Å². The zero-order valence-electron chi connectivity index (χ0n) is 9.37. The number of hydrogen-bond acceptors (Lipinski definition) is 3. The van der Waals surface area contributed by atoms with Crippen LogP contribution in [0.4, 0.5) is 0 Å². The Kier molecular flexibility index (Phi) is 3.49. The number of aromatic nitrogens is 1. The van der Waals surface area contributed by atoms with Gasteiger partial charge in [0.05, 0.1) is 6.61 Å². The maximum Gasteiger partial charge on any atom is 0.327 e. The van der Waals surface area contributed by atoms with Gasteiger partial charge in [0.2, 0.25) is 0 Å². The zero-order chi connectivity index (χ0) is 12.4. The van der Waals surface area contributed by atoms with Crippen LogP contribution in [-0.2, 0) is 9.53 Å². The van der Waals surface area contributed by atoms with Crippen LogP contribution >= 0.6 is 15.9 Å². The molecule has 0 saturated carbocycles. The van der Waals surface area contributed by atoms with Gasteiger partial charge >= 0.3 is 5.97 Å². The van der Waals surface area contributed by atoms with Gasteiger partial charge in [-0.05, 0) is 19.1 Å². The SMILES string of the molecule is CCOC(=O)C(N)c1c[nH]c2cccc(Br)c12. The highest BCUT2D eigenvalue weighted by Gasteiger charge is 2.21. The number of hydrogen-bond donors (Lipinski definition) is 2. The van der Waals surface area contributed by atoms with Crippen molar-refractivity contribution in [2.75, 3.05) is 6.61 Å². The number of benzene rings is 1. The maximum atomic E-state index is 11.6. The average molecular weight is 297 g/mol. The van der Waals surface area contributed by atoms with E-state index in [1.54, 1.807) is 13.1 Å². The van der Waals surface area contributed by atoms with Crippen LogP contribution in [0.2, 0.25) is 0 Å². The molecular formula is C12H13BrN2O2. The lowest BCUT2D eigenvalue weighted by molar-refractivity contribution is -0.144. The summed E-state index contributed by atoms with van der Waals surface area (Å²) in [6.07, 6.45) is 1.75. The van der Waals surface area contributed by atoms with E-state index in [1.165, 1.54) is 0 Å². The highest BCUT2D eigenvalue weighted by atomic mass is 79.9. The molecule has 0 fully saturated rings. The number of ether oxygens (including phenoxy) is 1. The van der Waals surface area contributed by atoms with Crippen molar-refractivity contribution in [3.63, 3.8) is 0 Å². The van der Waals surface area contributed by atoms with Gasteiger partial charge in [-0.15, -0.1) is 0 Å². The Labute approximate surface area is 107 Å². The summed E-state index contributed by atoms with van der Waals surface area (Å²) in [5, 5.41) is 0.924. The maximum absolute atomic E-state index is 11.6. The van der Waals surface area contributed by atoms with Crippen LogP contribution in [0.5, 0.6) is 0 Å². The predicted octanol–water partition coefficient (Wildman–Crippen LogP) is 2.49. The second-order valence-corrected chi connectivity index (χ2v) is 4.49. The van der Waals surface area contributed by atoms with Crippen LogP contribution in [0.1, 0.15) is 18.5 Å². The molecule has 0 aliphatic rings. The van der Waals surface area contributed by atoms with Crippen LogP contribution in [0.25, 0.3) is 10.9 Å². The Hall–Kier alpha value is -1.33. The third-order valence-corrected chi connectivity index (χ3v) is 3.22. The van der Waals surface area contributed by atoms with Crippen molar-refractivity contribution in [3.8, 4) is 0 Å². The topological polar surface area (TPSA) is 68.1 Å². The number of nitrogens with one attached hydrogen (secondary N) is 1. The number of esters is 1. The van der Waals surface area contributed by atoms with Gasteiger partial charge in [0.1, 0.15) is 6.04 Å². The fourth-order valence-corrected chi connectivity index (χ4v) is 2.36. The third-order valence-electron chi connectivity index (χ3n) is 2.56. The van der Waals surface area contributed by atoms with E-state index >= 15 is 0 Å². The fraction of sp³-hybridized carbons (Fsp3) is 0.250. The van der Waals surface area contributed by atoms with Crippen LogP contribution in [0.3, 0.4) is 0 Å². The van der Waals surface area contributed by atoms with E-state index in [4.69, 9.17) is 10.5 Å². The van der Waals surface area contributed by atoms with Crippen molar-refractivity contribution in [1.29, 1.82) is 0 Å². The minimum atomic E-state index is -0.762. The fourth-order valence-electron chi connectivity index (χ4n) is 1.77. The van der Waals surface area contributed by atoms with Crippen molar-refractivity contribution in [1.82, 2.24) is 4.98 Å². The molecule has 1 aromatic carbocycles. The van der Waals surface area contributed by atoms with E-state index in [2.05, 4.69) is 20.9 Å². The van der Waals surface area contributed by atoms with E-state index in [0.29, 0.717) is 6.61 Å². The van der Waals surface area contributed by atoms with Gasteiger partial charge in [0.15, 0.2) is 0 Å². The molecule has 0 aliphatic heterocycles. The molecule has 0 spiro atoms. The average Bonchev–Trinajstić information content (AvgIpc) is 2.73. The van der Waals surface area contributed by atoms with Crippen molar-refractivity contribution in [2.24, 2.45) is 5.73 Å². The molecule has 0 radical (unpaired) electrons. The largest absolute Gasteiger partial charge is 0.465 e. The summed E-state index contributed by atoms with van der Waals surface area (Å²) in [6, 6.07) is 5.00. The van der Waals surface area contributed by atoms with Crippen molar-refractivity contribution >= 4 is 32.8 Å². The molecule has 5 heteroatoms. The first kappa shape index (κ1) is 12.1. The lowest BCUT2D eigenvalue weighted by atomic mass is 10.1. The molecule has 0 aliphatic carbocycles. The van der Waals surface area contributed by atoms with Gasteiger partial charge in [0.25, 0.3) is 0 Å². The third kappa shape index (κ3) is 2.21. The Morgan fingerprint density at radius 3 is 3.06 bits per heavy atom. The quantitative estimate of drug-likeness (QED) is 0.855. The van der Waals surface area contributed by atoms with Crippen LogP contribution in [0.15, 0.2) is 28.9 Å². The normalized spacial score (nSPS) is 12.6. The summed E-state index contributed by atoms with van der Waals surface area (Å²) < 4.78 is 5.83. The van der Waals surface area contributed by atoms with Gasteiger partial charge < -0.3 is 15.5 Å². The zero-order valence-corrected chi connectivity index (χ0v) is 11.0. The first-order chi connectivity index (χ1) is 8.15. The number of carbonyl (C=O) groups excluding carboxylic acids is 1. The number of nitrogens with two attached hydrogens (primary N) is 1. The molecule has 90 valence electrons. The molecule has 17 heavy (non-hydrogen) atoms. The molecule has 1 unspecified atom stereocenters. The summed E-state index contributed by atoms with van der Waals surface area (Å²) in [7, 11) is 0. The highest BCUT2D eigenvalue weighted by molar-refractivity contribution is 9.10. The van der Waals surface area contributed by atoms with Crippen LogP contribution in [0, 0.1) is 0 Å². The number of H-pyrrole nitrogens is 1. The summed E-state index contributed by atoms with van der Waals surface area (Å²) >= 11 is 3.46. The first-order valence-corrected chi connectivity index (χ1v) is 6.12. The van der Waals surface area contributed by atoms with Crippen molar-refractivity contribution in [3.05, 3.63) is 34.4 Å². The smallest absolute Gasteiger partial charge is 0.327 e. The minimum Gasteiger partial charge on any atom is -0.465 e. The molecular weight excluding hydrogens is 284 g/mol. The van der Waals surface area contributed by atoms with E-state index in [-0.39, 0.29) is 0 Å². The molecule has 4 nitrogen and oxygen atoms in total. The van der Waals surface area contributed by atoms with Crippen molar-refractivity contribution in [2.45, 2.75) is 13.0 Å². The molecule has 1 atom stereocenters. The molecule has 1 heterocycles. The monoisotopic (exact) mass is 296 g/mol. The van der Waals surface area contributed by atoms with Crippen LogP contribution in [-0.4, -0.2) is 17.6 Å². The highest BCUT2D eigenvalue weighted by Crippen LogP contribution is 2.30. The Morgan fingerprint density at radius 1 is 1.59 bits per heavy atom. The number of carbonyl (C=O) groups is 1. The van der Waals surface area contributed by atoms with Crippen LogP contribution < -0.4 is 5.73 Å². The van der Waals surface area contributed by atoms with E-state index in [0.717, 1.165) is 20.9 Å². The molecule has 1 aromatic heterocycles. The molecule has 3 N–H and O–H groups in total. The second-order valence-electron chi connectivity index (χ2n) is 3.64. The number of halogens is 1. The Morgan fingerprint density at radius 2 is 2.35 bits per heavy atom. The number of rotatable bonds is 3. The van der Waals surface area contributed by atoms with E-state index in [9.17, 15) is 4.79 Å². The van der Waals surface area contributed by atoms with E-state index in [1.807, 2.05) is 18.2 Å². The lowest BCUT2D eigenvalue weighted by Crippen LogP contribution is -2.23. The number of aromatic amines is 1. The first-order valence-electron chi connectivity index (χ1n) is 5.33. The minimum absolute atomic E-state index is 0.329. The molecule has 0 amide bonds. The molecule has 0 bridgehead atoms. The summed E-state index contributed by atoms with van der Waals surface area (Å²) in [6.45, 7) is 2.09.